The van der Waals surface area contributed by atoms with Crippen molar-refractivity contribution in [1.82, 2.24) is 9.55 Å². The monoisotopic (exact) mass is 382 g/mol. The van der Waals surface area contributed by atoms with Gasteiger partial charge in [-0.05, 0) is 61.9 Å². The summed E-state index contributed by atoms with van der Waals surface area (Å²) in [6.07, 6.45) is 4.53. The van der Waals surface area contributed by atoms with Crippen molar-refractivity contribution in [3.05, 3.63) is 57.0 Å². The van der Waals surface area contributed by atoms with Crippen LogP contribution < -0.4 is 10.3 Å². The Hall–Kier alpha value is -2.47. The van der Waals surface area contributed by atoms with E-state index in [2.05, 4.69) is 11.9 Å². The van der Waals surface area contributed by atoms with Gasteiger partial charge in [0.2, 0.25) is 0 Å². The summed E-state index contributed by atoms with van der Waals surface area (Å²) in [7, 11) is 0. The van der Waals surface area contributed by atoms with Gasteiger partial charge in [0, 0.05) is 10.4 Å². The third kappa shape index (κ3) is 3.41. The first-order valence-corrected chi connectivity index (χ1v) is 10.1. The third-order valence-electron chi connectivity index (χ3n) is 5.08. The van der Waals surface area contributed by atoms with Crippen molar-refractivity contribution in [2.75, 3.05) is 6.61 Å². The van der Waals surface area contributed by atoms with Crippen molar-refractivity contribution in [3.8, 4) is 5.75 Å². The fraction of sp³-hybridized carbons (Fsp3) is 0.381. The van der Waals surface area contributed by atoms with Gasteiger partial charge in [0.15, 0.2) is 5.78 Å². The van der Waals surface area contributed by atoms with Gasteiger partial charge in [-0.25, -0.2) is 4.98 Å². The van der Waals surface area contributed by atoms with Crippen molar-refractivity contribution in [3.63, 3.8) is 0 Å². The van der Waals surface area contributed by atoms with Crippen LogP contribution in [0.15, 0.2) is 35.4 Å². The number of ketones is 1. The highest BCUT2D eigenvalue weighted by molar-refractivity contribution is 7.18. The van der Waals surface area contributed by atoms with Crippen molar-refractivity contribution in [2.45, 2.75) is 39.7 Å². The number of hydrogen-bond donors (Lipinski definition) is 0. The smallest absolute Gasteiger partial charge is 0.262 e. The van der Waals surface area contributed by atoms with Gasteiger partial charge in [-0.2, -0.15) is 0 Å². The second-order valence-electron chi connectivity index (χ2n) is 7.09. The van der Waals surface area contributed by atoms with Crippen LogP contribution in [-0.2, 0) is 19.4 Å². The molecule has 0 spiro atoms. The molecule has 4 rings (SSSR count). The van der Waals surface area contributed by atoms with Crippen LogP contribution in [-0.4, -0.2) is 21.9 Å². The van der Waals surface area contributed by atoms with Gasteiger partial charge >= 0.3 is 0 Å². The van der Waals surface area contributed by atoms with Crippen molar-refractivity contribution in [2.24, 2.45) is 5.92 Å². The molecule has 1 aliphatic rings. The van der Waals surface area contributed by atoms with Crippen LogP contribution >= 0.6 is 11.3 Å². The first kappa shape index (κ1) is 17.9. The van der Waals surface area contributed by atoms with Crippen molar-refractivity contribution in [1.29, 1.82) is 0 Å². The number of aryl methyl sites for hydroxylation is 1. The summed E-state index contributed by atoms with van der Waals surface area (Å²) in [5, 5.41) is 0.712. The van der Waals surface area contributed by atoms with Gasteiger partial charge in [0.05, 0.1) is 24.9 Å². The van der Waals surface area contributed by atoms with E-state index in [0.29, 0.717) is 23.5 Å². The Balaban J connectivity index is 1.63. The number of carbonyl (C=O) groups is 1. The second-order valence-corrected chi connectivity index (χ2v) is 8.17. The van der Waals surface area contributed by atoms with Gasteiger partial charge in [0.25, 0.3) is 5.56 Å². The minimum Gasteiger partial charge on any atom is -0.494 e. The quantitative estimate of drug-likeness (QED) is 0.629. The third-order valence-corrected chi connectivity index (χ3v) is 6.25. The minimum atomic E-state index is -0.112. The molecule has 1 atom stereocenters. The number of benzene rings is 1. The van der Waals surface area contributed by atoms with E-state index in [1.807, 2.05) is 6.92 Å². The summed E-state index contributed by atoms with van der Waals surface area (Å²) in [4.78, 5) is 32.2. The molecule has 0 aliphatic heterocycles. The summed E-state index contributed by atoms with van der Waals surface area (Å²) in [6, 6.07) is 7.02. The largest absolute Gasteiger partial charge is 0.494 e. The van der Waals surface area contributed by atoms with Crippen LogP contribution in [0.4, 0.5) is 0 Å². The zero-order chi connectivity index (χ0) is 19.0. The lowest BCUT2D eigenvalue weighted by molar-refractivity contribution is 0.0970. The maximum atomic E-state index is 13.0. The summed E-state index contributed by atoms with van der Waals surface area (Å²) < 4.78 is 6.84. The van der Waals surface area contributed by atoms with E-state index in [-0.39, 0.29) is 17.9 Å². The normalized spacial score (nSPS) is 16.3. The Morgan fingerprint density at radius 1 is 1.33 bits per heavy atom. The standard InChI is InChI=1S/C21H22N2O3S/c1-3-26-15-7-5-14(6-8-15)17(24)11-23-12-22-20-19(21(23)25)16-9-4-13(2)10-18(16)27-20/h5-8,12-13H,3-4,9-11H2,1-2H3. The molecular formula is C21H22N2O3S. The van der Waals surface area contributed by atoms with Gasteiger partial charge in [-0.3, -0.25) is 14.2 Å². The Kier molecular flexibility index (Phi) is 4.83. The van der Waals surface area contributed by atoms with E-state index in [1.54, 1.807) is 35.6 Å². The molecule has 1 unspecified atom stereocenters. The lowest BCUT2D eigenvalue weighted by Gasteiger charge is -2.17. The van der Waals surface area contributed by atoms with Crippen molar-refractivity contribution < 1.29 is 9.53 Å². The number of fused-ring (bicyclic) bond motifs is 3. The lowest BCUT2D eigenvalue weighted by Crippen LogP contribution is -2.25. The molecule has 0 N–H and O–H groups in total. The molecule has 5 nitrogen and oxygen atoms in total. The minimum absolute atomic E-state index is 0.00320. The molecule has 6 heteroatoms. The summed E-state index contributed by atoms with van der Waals surface area (Å²) in [6.45, 7) is 4.74. The highest BCUT2D eigenvalue weighted by Gasteiger charge is 2.23. The van der Waals surface area contributed by atoms with Crippen LogP contribution in [0.3, 0.4) is 0 Å². The lowest BCUT2D eigenvalue weighted by atomic mass is 9.89. The van der Waals surface area contributed by atoms with E-state index in [1.165, 1.54) is 15.8 Å². The molecule has 1 aliphatic carbocycles. The SMILES string of the molecule is CCOc1ccc(C(=O)Cn2cnc3sc4c(c3c2=O)CCC(C)C4)cc1. The van der Waals surface area contributed by atoms with Crippen LogP contribution in [0.25, 0.3) is 10.2 Å². The van der Waals surface area contributed by atoms with Crippen LogP contribution in [0.5, 0.6) is 5.75 Å². The van der Waals surface area contributed by atoms with Crippen LogP contribution in [0.1, 0.15) is 41.1 Å². The molecule has 0 fully saturated rings. The summed E-state index contributed by atoms with van der Waals surface area (Å²) in [5.41, 5.74) is 1.60. The molecular weight excluding hydrogens is 360 g/mol. The van der Waals surface area contributed by atoms with E-state index in [0.717, 1.165) is 35.4 Å². The summed E-state index contributed by atoms with van der Waals surface area (Å²) in [5.74, 6) is 1.27. The maximum absolute atomic E-state index is 13.0. The van der Waals surface area contributed by atoms with Gasteiger partial charge in [0.1, 0.15) is 10.6 Å². The van der Waals surface area contributed by atoms with Gasteiger partial charge in [-0.15, -0.1) is 11.3 Å². The second kappa shape index (κ2) is 7.27. The molecule has 0 amide bonds. The summed E-state index contributed by atoms with van der Waals surface area (Å²) >= 11 is 1.62. The molecule has 3 aromatic rings. The maximum Gasteiger partial charge on any atom is 0.262 e. The molecule has 1 aromatic carbocycles. The first-order chi connectivity index (χ1) is 13.1. The van der Waals surface area contributed by atoms with Gasteiger partial charge in [-0.1, -0.05) is 6.92 Å². The van der Waals surface area contributed by atoms with E-state index in [9.17, 15) is 9.59 Å². The first-order valence-electron chi connectivity index (χ1n) is 9.32. The Labute approximate surface area is 161 Å². The Bertz CT molecular complexity index is 1050. The molecule has 2 aromatic heterocycles. The number of rotatable bonds is 5. The van der Waals surface area contributed by atoms with E-state index >= 15 is 0 Å². The number of Topliss-reactive ketones (excluding diaryl/α,β-unsaturated/α-hetero) is 1. The predicted octanol–water partition coefficient (Wildman–Crippen LogP) is 3.86. The topological polar surface area (TPSA) is 61.2 Å². The molecule has 140 valence electrons. The Morgan fingerprint density at radius 3 is 2.85 bits per heavy atom. The van der Waals surface area contributed by atoms with Crippen LogP contribution in [0, 0.1) is 5.92 Å². The van der Waals surface area contributed by atoms with Gasteiger partial charge < -0.3 is 4.74 Å². The number of aromatic nitrogens is 2. The number of hydrogen-bond acceptors (Lipinski definition) is 5. The number of ether oxygens (including phenoxy) is 1. The predicted molar refractivity (Wildman–Crippen MR) is 107 cm³/mol. The zero-order valence-corrected chi connectivity index (χ0v) is 16.3. The number of thiophene rings is 1. The fourth-order valence-electron chi connectivity index (χ4n) is 3.63. The highest BCUT2D eigenvalue weighted by atomic mass is 32.1. The number of nitrogens with zero attached hydrogens (tertiary/aromatic N) is 2. The zero-order valence-electron chi connectivity index (χ0n) is 15.5. The average molecular weight is 382 g/mol. The number of carbonyl (C=O) groups excluding carboxylic acids is 1. The Morgan fingerprint density at radius 2 is 2.11 bits per heavy atom. The average Bonchev–Trinajstić information content (AvgIpc) is 3.03. The molecule has 0 bridgehead atoms. The molecule has 0 saturated heterocycles. The molecule has 2 heterocycles. The highest BCUT2D eigenvalue weighted by Crippen LogP contribution is 2.35. The van der Waals surface area contributed by atoms with Crippen LogP contribution in [0.2, 0.25) is 0 Å². The van der Waals surface area contributed by atoms with Crippen molar-refractivity contribution >= 4 is 27.3 Å². The molecule has 27 heavy (non-hydrogen) atoms. The molecule has 0 radical (unpaired) electrons. The fourth-order valence-corrected chi connectivity index (χ4v) is 4.97. The van der Waals surface area contributed by atoms with E-state index in [4.69, 9.17) is 4.74 Å². The van der Waals surface area contributed by atoms with E-state index < -0.39 is 0 Å². The molecule has 0 saturated carbocycles.